The van der Waals surface area contributed by atoms with Gasteiger partial charge in [-0.05, 0) is 67.7 Å². The van der Waals surface area contributed by atoms with Crippen LogP contribution in [0, 0.1) is 5.92 Å². The molecule has 1 aromatic carbocycles. The highest BCUT2D eigenvalue weighted by atomic mass is 80.0. The largest absolute Gasteiger partial charge is 0.494 e. The van der Waals surface area contributed by atoms with Gasteiger partial charge in [0.1, 0.15) is 5.75 Å². The number of hydrogen-bond donors (Lipinski definition) is 0. The highest BCUT2D eigenvalue weighted by molar-refractivity contribution is 9.72. The fourth-order valence-electron chi connectivity index (χ4n) is 3.58. The van der Waals surface area contributed by atoms with Crippen LogP contribution in [0.2, 0.25) is 6.04 Å². The Morgan fingerprint density at radius 1 is 1.00 bits per heavy atom. The van der Waals surface area contributed by atoms with Crippen LogP contribution in [0.3, 0.4) is 0 Å². The summed E-state index contributed by atoms with van der Waals surface area (Å²) in [5, 5.41) is 0. The van der Waals surface area contributed by atoms with Crippen LogP contribution in [0.5, 0.6) is 5.75 Å². The Morgan fingerprint density at radius 3 is 2.25 bits per heavy atom. The molecule has 0 unspecified atom stereocenters. The first kappa shape index (κ1) is 21.0. The van der Waals surface area contributed by atoms with Crippen LogP contribution >= 0.6 is 45.9 Å². The van der Waals surface area contributed by atoms with Crippen molar-refractivity contribution in [3.05, 3.63) is 29.8 Å². The maximum atomic E-state index is 5.86. The molecule has 0 radical (unpaired) electrons. The van der Waals surface area contributed by atoms with E-state index < -0.39 is 3.93 Å². The summed E-state index contributed by atoms with van der Waals surface area (Å²) in [6, 6.07) is 9.97. The molecule has 0 saturated heterocycles. The van der Waals surface area contributed by atoms with Gasteiger partial charge in [-0.1, -0.05) is 84.2 Å². The van der Waals surface area contributed by atoms with Gasteiger partial charge in [0.15, 0.2) is 0 Å². The first-order chi connectivity index (χ1) is 11.5. The highest BCUT2D eigenvalue weighted by Gasteiger charge is 2.22. The zero-order chi connectivity index (χ0) is 17.4. The Bertz CT molecular complexity index is 464. The van der Waals surface area contributed by atoms with Crippen molar-refractivity contribution in [2.75, 3.05) is 6.61 Å². The standard InChI is InChI=1S/C19H29Br3OSi/c1-2-3-5-16-6-8-17(9-7-16)18-10-12-19(13-11-18)23-14-4-15-24(20,21)22/h10-13,16-17H,2-9,14-15H2,1H3. The molecule has 0 bridgehead atoms. The molecule has 0 heterocycles. The van der Waals surface area contributed by atoms with Gasteiger partial charge in [0.25, 0.3) is 3.93 Å². The molecule has 1 aromatic rings. The van der Waals surface area contributed by atoms with Gasteiger partial charge in [-0.3, -0.25) is 0 Å². The summed E-state index contributed by atoms with van der Waals surface area (Å²) in [5.74, 6) is 2.75. The molecule has 1 nitrogen and oxygen atoms in total. The van der Waals surface area contributed by atoms with E-state index in [1.165, 1.54) is 50.5 Å². The van der Waals surface area contributed by atoms with Crippen molar-refractivity contribution >= 4 is 49.8 Å². The summed E-state index contributed by atoms with van der Waals surface area (Å²) >= 11 is 11.0. The fraction of sp³-hybridized carbons (Fsp3) is 0.684. The molecule has 5 heteroatoms. The summed E-state index contributed by atoms with van der Waals surface area (Å²) in [7, 11) is 0. The summed E-state index contributed by atoms with van der Waals surface area (Å²) in [6.07, 6.45) is 10.8. The fourth-order valence-corrected chi connectivity index (χ4v) is 6.64. The van der Waals surface area contributed by atoms with Gasteiger partial charge in [0.05, 0.1) is 6.61 Å². The van der Waals surface area contributed by atoms with Gasteiger partial charge >= 0.3 is 0 Å². The Morgan fingerprint density at radius 2 is 1.67 bits per heavy atom. The Labute approximate surface area is 172 Å². The van der Waals surface area contributed by atoms with E-state index in [1.807, 2.05) is 0 Å². The zero-order valence-corrected chi connectivity index (χ0v) is 20.3. The third-order valence-electron chi connectivity index (χ3n) is 5.04. The van der Waals surface area contributed by atoms with Gasteiger partial charge in [-0.15, -0.1) is 0 Å². The molecule has 24 heavy (non-hydrogen) atoms. The van der Waals surface area contributed by atoms with Crippen LogP contribution in [0.25, 0.3) is 0 Å². The first-order valence-corrected chi connectivity index (χ1v) is 18.2. The van der Waals surface area contributed by atoms with Crippen LogP contribution in [-0.2, 0) is 0 Å². The predicted octanol–water partition coefficient (Wildman–Crippen LogP) is 8.04. The lowest BCUT2D eigenvalue weighted by Gasteiger charge is -2.28. The van der Waals surface area contributed by atoms with E-state index in [0.717, 1.165) is 36.7 Å². The summed E-state index contributed by atoms with van der Waals surface area (Å²) < 4.78 is 4.38. The monoisotopic (exact) mass is 538 g/mol. The van der Waals surface area contributed by atoms with Crippen molar-refractivity contribution in [3.63, 3.8) is 0 Å². The van der Waals surface area contributed by atoms with Gasteiger partial charge in [0.2, 0.25) is 0 Å². The summed E-state index contributed by atoms with van der Waals surface area (Å²) in [5.41, 5.74) is 1.50. The molecular weight excluding hydrogens is 512 g/mol. The molecule has 1 aliphatic carbocycles. The van der Waals surface area contributed by atoms with Crippen molar-refractivity contribution in [1.82, 2.24) is 0 Å². The normalized spacial score (nSPS) is 21.7. The Hall–Kier alpha value is 0.677. The molecule has 2 rings (SSSR count). The van der Waals surface area contributed by atoms with E-state index in [-0.39, 0.29) is 0 Å². The van der Waals surface area contributed by atoms with Crippen molar-refractivity contribution in [1.29, 1.82) is 0 Å². The van der Waals surface area contributed by atoms with Crippen molar-refractivity contribution in [3.8, 4) is 5.75 Å². The maximum Gasteiger partial charge on any atom is 0.267 e. The van der Waals surface area contributed by atoms with Crippen LogP contribution in [-0.4, -0.2) is 10.5 Å². The Balaban J connectivity index is 1.72. The molecular formula is C19H29Br3OSi. The average molecular weight is 541 g/mol. The van der Waals surface area contributed by atoms with E-state index in [0.29, 0.717) is 0 Å². The van der Waals surface area contributed by atoms with Crippen LogP contribution in [0.4, 0.5) is 0 Å². The molecule has 1 saturated carbocycles. The van der Waals surface area contributed by atoms with Crippen LogP contribution < -0.4 is 4.74 Å². The molecule has 0 aliphatic heterocycles. The molecule has 0 amide bonds. The third-order valence-corrected chi connectivity index (χ3v) is 9.53. The molecule has 0 atom stereocenters. The van der Waals surface area contributed by atoms with E-state index in [4.69, 9.17) is 4.74 Å². The maximum absolute atomic E-state index is 5.86. The second kappa shape index (κ2) is 10.7. The third kappa shape index (κ3) is 7.92. The second-order valence-corrected chi connectivity index (χ2v) is 30.5. The minimum atomic E-state index is -1.48. The smallest absolute Gasteiger partial charge is 0.267 e. The van der Waals surface area contributed by atoms with E-state index in [9.17, 15) is 0 Å². The topological polar surface area (TPSA) is 9.23 Å². The number of benzene rings is 1. The quantitative estimate of drug-likeness (QED) is 0.175. The molecule has 0 spiro atoms. The number of unbranched alkanes of at least 4 members (excludes halogenated alkanes) is 1. The van der Waals surface area contributed by atoms with Crippen molar-refractivity contribution in [2.24, 2.45) is 5.92 Å². The van der Waals surface area contributed by atoms with E-state index >= 15 is 0 Å². The predicted molar refractivity (Wildman–Crippen MR) is 118 cm³/mol. The van der Waals surface area contributed by atoms with Gasteiger partial charge in [-0.25, -0.2) is 0 Å². The van der Waals surface area contributed by atoms with Crippen molar-refractivity contribution in [2.45, 2.75) is 70.3 Å². The average Bonchev–Trinajstić information content (AvgIpc) is 2.57. The van der Waals surface area contributed by atoms with Gasteiger partial charge in [0, 0.05) is 0 Å². The molecule has 1 aliphatic rings. The second-order valence-electron chi connectivity index (χ2n) is 7.00. The number of ether oxygens (including phenoxy) is 1. The number of hydrogen-bond acceptors (Lipinski definition) is 1. The first-order valence-electron chi connectivity index (χ1n) is 9.27. The summed E-state index contributed by atoms with van der Waals surface area (Å²) in [6.45, 7) is 3.08. The van der Waals surface area contributed by atoms with E-state index in [1.54, 1.807) is 0 Å². The number of rotatable bonds is 9. The molecule has 1 fully saturated rings. The van der Waals surface area contributed by atoms with Crippen molar-refractivity contribution < 1.29 is 4.74 Å². The SMILES string of the molecule is CCCCC1CCC(c2ccc(OCCC[Si](Br)(Br)Br)cc2)CC1. The minimum absolute atomic E-state index is 0.763. The zero-order valence-electron chi connectivity index (χ0n) is 14.6. The lowest BCUT2D eigenvalue weighted by atomic mass is 9.77. The Kier molecular flexibility index (Phi) is 9.39. The van der Waals surface area contributed by atoms with Gasteiger partial charge < -0.3 is 4.74 Å². The van der Waals surface area contributed by atoms with Crippen LogP contribution in [0.1, 0.15) is 69.8 Å². The summed E-state index contributed by atoms with van der Waals surface area (Å²) in [4.78, 5) is 0. The van der Waals surface area contributed by atoms with Crippen LogP contribution in [0.15, 0.2) is 24.3 Å². The molecule has 0 aromatic heterocycles. The van der Waals surface area contributed by atoms with Gasteiger partial charge in [-0.2, -0.15) is 0 Å². The molecule has 0 N–H and O–H groups in total. The number of halogens is 3. The minimum Gasteiger partial charge on any atom is -0.494 e. The lowest BCUT2D eigenvalue weighted by Crippen LogP contribution is -2.13. The molecule has 136 valence electrons. The lowest BCUT2D eigenvalue weighted by molar-refractivity contribution is 0.303. The highest BCUT2D eigenvalue weighted by Crippen LogP contribution is 2.38. The van der Waals surface area contributed by atoms with E-state index in [2.05, 4.69) is 77.1 Å².